The fourth-order valence-corrected chi connectivity index (χ4v) is 5.34. The Labute approximate surface area is 294 Å². The number of likely N-dealkylation sites (N-methyl/N-ethyl adjacent to an activating group) is 2. The van der Waals surface area contributed by atoms with Gasteiger partial charge < -0.3 is 53.6 Å². The summed E-state index contributed by atoms with van der Waals surface area (Å²) in [6.45, 7) is 12.3. The highest BCUT2D eigenvalue weighted by atomic mass is 35.5. The molecule has 0 aromatic heterocycles. The standard InChI is InChI=1S/C37H78N2O4.2ClH/c1-7-9-11-13-15-17-19-21-23-25-29-40-33-37(35-42-31-27-38(3)4,36-43-32-28-39(5)6)34-41-30-26-24-22-20-18-16-14-12-10-8-2;;/h7-36H2,1-6H3;2*1H. The fraction of sp³-hybridized carbons (Fsp3) is 1.00. The van der Waals surface area contributed by atoms with Crippen molar-refractivity contribution in [3.05, 3.63) is 0 Å². The molecule has 2 N–H and O–H groups in total. The largest absolute Gasteiger partial charge is 1.00 e. The van der Waals surface area contributed by atoms with E-state index in [0.29, 0.717) is 26.4 Å². The summed E-state index contributed by atoms with van der Waals surface area (Å²) in [5.74, 6) is 0. The maximum Gasteiger partial charge on any atom is 0.100 e. The molecule has 0 amide bonds. The second-order valence-electron chi connectivity index (χ2n) is 14.0. The number of quaternary nitrogens is 2. The molecule has 0 radical (unpaired) electrons. The Balaban J connectivity index is -0.00000882. The quantitative estimate of drug-likeness (QED) is 0.0924. The van der Waals surface area contributed by atoms with Gasteiger partial charge in [-0.25, -0.2) is 0 Å². The zero-order valence-corrected chi connectivity index (χ0v) is 32.6. The average molecular weight is 688 g/mol. The lowest BCUT2D eigenvalue weighted by molar-refractivity contribution is -0.858. The van der Waals surface area contributed by atoms with Crippen LogP contribution in [0.25, 0.3) is 0 Å². The van der Waals surface area contributed by atoms with Crippen molar-refractivity contribution in [3.8, 4) is 0 Å². The van der Waals surface area contributed by atoms with Gasteiger partial charge in [0.2, 0.25) is 0 Å². The SMILES string of the molecule is CCCCCCCCCCCCOCC(COCCCCCCCCCCCC)(COCC[NH+](C)C)COCC[NH+](C)C.[Cl-].[Cl-]. The van der Waals surface area contributed by atoms with Gasteiger partial charge in [-0.2, -0.15) is 0 Å². The predicted octanol–water partition coefficient (Wildman–Crippen LogP) is 0.178. The van der Waals surface area contributed by atoms with Gasteiger partial charge in [0.25, 0.3) is 0 Å². The van der Waals surface area contributed by atoms with Crippen molar-refractivity contribution >= 4 is 0 Å². The highest BCUT2D eigenvalue weighted by Crippen LogP contribution is 2.22. The molecule has 0 saturated heterocycles. The maximum absolute atomic E-state index is 6.33. The molecule has 45 heavy (non-hydrogen) atoms. The first-order valence-corrected chi connectivity index (χ1v) is 18.8. The first kappa shape index (κ1) is 49.7. The van der Waals surface area contributed by atoms with E-state index in [1.54, 1.807) is 0 Å². The molecule has 0 aromatic carbocycles. The van der Waals surface area contributed by atoms with E-state index >= 15 is 0 Å². The molecule has 0 fully saturated rings. The molecule has 0 rings (SSSR count). The summed E-state index contributed by atoms with van der Waals surface area (Å²) in [5.41, 5.74) is -0.250. The molecule has 0 aliphatic heterocycles. The minimum Gasteiger partial charge on any atom is -1.00 e. The third kappa shape index (κ3) is 37.0. The second kappa shape index (κ2) is 38.8. The summed E-state index contributed by atoms with van der Waals surface area (Å²) in [4.78, 5) is 2.82. The van der Waals surface area contributed by atoms with Crippen LogP contribution in [0.4, 0.5) is 0 Å². The Morgan fingerprint density at radius 1 is 0.356 bits per heavy atom. The van der Waals surface area contributed by atoms with Gasteiger partial charge >= 0.3 is 0 Å². The molecular formula is C37H80Cl2N2O4. The Bertz CT molecular complexity index is 499. The third-order valence-electron chi connectivity index (χ3n) is 8.41. The molecule has 0 bridgehead atoms. The topological polar surface area (TPSA) is 45.8 Å². The first-order valence-electron chi connectivity index (χ1n) is 18.8. The van der Waals surface area contributed by atoms with E-state index in [4.69, 9.17) is 18.9 Å². The zero-order chi connectivity index (χ0) is 31.7. The first-order chi connectivity index (χ1) is 21.0. The van der Waals surface area contributed by atoms with Crippen LogP contribution >= 0.6 is 0 Å². The van der Waals surface area contributed by atoms with Crippen LogP contribution in [0.5, 0.6) is 0 Å². The Hall–Kier alpha value is 0.340. The molecule has 0 spiro atoms. The molecule has 0 atom stereocenters. The second-order valence-corrected chi connectivity index (χ2v) is 14.0. The molecule has 0 heterocycles. The number of rotatable bonds is 36. The van der Waals surface area contributed by atoms with Gasteiger partial charge in [-0.3, -0.25) is 0 Å². The van der Waals surface area contributed by atoms with Crippen molar-refractivity contribution in [2.45, 2.75) is 142 Å². The molecule has 0 unspecified atom stereocenters. The zero-order valence-electron chi connectivity index (χ0n) is 31.1. The summed E-state index contributed by atoms with van der Waals surface area (Å²) in [6, 6.07) is 0. The molecule has 0 aliphatic carbocycles. The van der Waals surface area contributed by atoms with Gasteiger partial charge in [-0.05, 0) is 12.8 Å². The molecule has 8 heteroatoms. The highest BCUT2D eigenvalue weighted by molar-refractivity contribution is 4.79. The van der Waals surface area contributed by atoms with Gasteiger partial charge in [0.05, 0.1) is 73.2 Å². The average Bonchev–Trinajstić information content (AvgIpc) is 2.98. The van der Waals surface area contributed by atoms with Crippen LogP contribution in [0, 0.1) is 5.41 Å². The van der Waals surface area contributed by atoms with E-state index in [-0.39, 0.29) is 30.2 Å². The molecule has 6 nitrogen and oxygen atoms in total. The smallest absolute Gasteiger partial charge is 0.100 e. The third-order valence-corrected chi connectivity index (χ3v) is 8.41. The predicted molar refractivity (Wildman–Crippen MR) is 185 cm³/mol. The number of nitrogens with one attached hydrogen (secondary N) is 2. The molecular weight excluding hydrogens is 607 g/mol. The van der Waals surface area contributed by atoms with Crippen LogP contribution in [0.15, 0.2) is 0 Å². The van der Waals surface area contributed by atoms with Gasteiger partial charge in [0, 0.05) is 13.2 Å². The Morgan fingerprint density at radius 2 is 0.600 bits per heavy atom. The van der Waals surface area contributed by atoms with E-state index in [2.05, 4.69) is 42.0 Å². The lowest BCUT2D eigenvalue weighted by atomic mass is 9.92. The summed E-state index contributed by atoms with van der Waals surface area (Å²) >= 11 is 0. The van der Waals surface area contributed by atoms with Crippen LogP contribution < -0.4 is 34.6 Å². The lowest BCUT2D eigenvalue weighted by Crippen LogP contribution is -3.06. The van der Waals surface area contributed by atoms with Gasteiger partial charge in [0.1, 0.15) is 13.1 Å². The summed E-state index contributed by atoms with van der Waals surface area (Å²) in [7, 11) is 8.70. The summed E-state index contributed by atoms with van der Waals surface area (Å²) in [5, 5.41) is 0. The number of hydrogen-bond donors (Lipinski definition) is 2. The van der Waals surface area contributed by atoms with Crippen LogP contribution in [-0.4, -0.2) is 94.1 Å². The lowest BCUT2D eigenvalue weighted by Gasteiger charge is -2.33. The molecule has 0 aromatic rings. The van der Waals surface area contributed by atoms with E-state index < -0.39 is 0 Å². The van der Waals surface area contributed by atoms with Crippen molar-refractivity contribution in [1.82, 2.24) is 0 Å². The minimum atomic E-state index is -0.250. The van der Waals surface area contributed by atoms with Crippen LogP contribution in [0.1, 0.15) is 142 Å². The summed E-state index contributed by atoms with van der Waals surface area (Å²) in [6.07, 6.45) is 26.9. The van der Waals surface area contributed by atoms with Gasteiger partial charge in [-0.15, -0.1) is 0 Å². The maximum atomic E-state index is 6.33. The fourth-order valence-electron chi connectivity index (χ4n) is 5.34. The van der Waals surface area contributed by atoms with Crippen molar-refractivity contribution < 1.29 is 53.6 Å². The van der Waals surface area contributed by atoms with Gasteiger partial charge in [0.15, 0.2) is 0 Å². The molecule has 0 saturated carbocycles. The van der Waals surface area contributed by atoms with Crippen molar-refractivity contribution in [2.75, 3.05) is 94.1 Å². The minimum absolute atomic E-state index is 0. The van der Waals surface area contributed by atoms with E-state index in [9.17, 15) is 0 Å². The van der Waals surface area contributed by atoms with Crippen molar-refractivity contribution in [2.24, 2.45) is 5.41 Å². The van der Waals surface area contributed by atoms with Crippen LogP contribution in [0.2, 0.25) is 0 Å². The molecule has 276 valence electrons. The normalized spacial score (nSPS) is 11.7. The molecule has 0 aliphatic rings. The van der Waals surface area contributed by atoms with E-state index in [0.717, 1.165) is 52.4 Å². The van der Waals surface area contributed by atoms with E-state index in [1.165, 1.54) is 125 Å². The Morgan fingerprint density at radius 3 is 0.867 bits per heavy atom. The van der Waals surface area contributed by atoms with Crippen molar-refractivity contribution in [1.29, 1.82) is 0 Å². The summed E-state index contributed by atoms with van der Waals surface area (Å²) < 4.78 is 25.1. The monoisotopic (exact) mass is 687 g/mol. The highest BCUT2D eigenvalue weighted by Gasteiger charge is 2.32. The Kier molecular flexibility index (Phi) is 42.9. The van der Waals surface area contributed by atoms with Crippen LogP contribution in [0.3, 0.4) is 0 Å². The van der Waals surface area contributed by atoms with Crippen molar-refractivity contribution in [3.63, 3.8) is 0 Å². The van der Waals surface area contributed by atoms with Crippen LogP contribution in [-0.2, 0) is 18.9 Å². The van der Waals surface area contributed by atoms with Gasteiger partial charge in [-0.1, -0.05) is 129 Å². The number of ether oxygens (including phenoxy) is 4. The number of unbranched alkanes of at least 4 members (excludes halogenated alkanes) is 18. The number of hydrogen-bond acceptors (Lipinski definition) is 4. The number of halogens is 2. The van der Waals surface area contributed by atoms with E-state index in [1.807, 2.05) is 0 Å².